The van der Waals surface area contributed by atoms with E-state index in [2.05, 4.69) is 47.1 Å². The molecule has 0 fully saturated rings. The maximum absolute atomic E-state index is 12.8. The van der Waals surface area contributed by atoms with E-state index in [1.165, 1.54) is 12.1 Å². The summed E-state index contributed by atoms with van der Waals surface area (Å²) in [6, 6.07) is 3.64. The zero-order valence-corrected chi connectivity index (χ0v) is 12.7. The van der Waals surface area contributed by atoms with Crippen molar-refractivity contribution in [2.75, 3.05) is 5.32 Å². The highest BCUT2D eigenvalue weighted by Crippen LogP contribution is 2.36. The lowest BCUT2D eigenvalue weighted by molar-refractivity contribution is -0.138. The number of alkyl halides is 3. The molecular formula is C11H6Br2F3N3O. The number of anilines is 2. The molecule has 4 nitrogen and oxygen atoms in total. The van der Waals surface area contributed by atoms with Crippen LogP contribution in [0.4, 0.5) is 24.7 Å². The fourth-order valence-electron chi connectivity index (χ4n) is 1.43. The van der Waals surface area contributed by atoms with Crippen LogP contribution in [0.1, 0.15) is 5.56 Å². The van der Waals surface area contributed by atoms with E-state index in [9.17, 15) is 18.0 Å². The molecule has 9 heteroatoms. The molecular weight excluding hydrogens is 407 g/mol. The van der Waals surface area contributed by atoms with Crippen LogP contribution in [0.15, 0.2) is 38.3 Å². The summed E-state index contributed by atoms with van der Waals surface area (Å²) in [5.41, 5.74) is -1.08. The standard InChI is InChI=1S/C11H6Br2F3N3O/c12-7-2-1-5(3-6(7)11(14,15)16)19-9-8(13)10(20)18-4-17-9/h1-4H,(H2,17,18,19,20). The SMILES string of the molecule is O=c1[nH]cnc(Nc2ccc(Br)c(C(F)(F)F)c2)c1Br. The van der Waals surface area contributed by atoms with Crippen LogP contribution < -0.4 is 10.9 Å². The lowest BCUT2D eigenvalue weighted by Crippen LogP contribution is -2.11. The van der Waals surface area contributed by atoms with Crippen LogP contribution in [0, 0.1) is 0 Å². The molecule has 2 aromatic rings. The second-order valence-electron chi connectivity index (χ2n) is 3.71. The van der Waals surface area contributed by atoms with Crippen LogP contribution in [0.3, 0.4) is 0 Å². The molecule has 2 N–H and O–H groups in total. The van der Waals surface area contributed by atoms with Crippen molar-refractivity contribution >= 4 is 43.4 Å². The third-order valence-corrected chi connectivity index (χ3v) is 3.76. The van der Waals surface area contributed by atoms with E-state index in [4.69, 9.17) is 0 Å². The number of benzene rings is 1. The van der Waals surface area contributed by atoms with Crippen molar-refractivity contribution in [2.24, 2.45) is 0 Å². The first-order valence-electron chi connectivity index (χ1n) is 5.16. The van der Waals surface area contributed by atoms with Gasteiger partial charge in [0.15, 0.2) is 5.82 Å². The first-order chi connectivity index (χ1) is 9.29. The Labute approximate surface area is 127 Å². The lowest BCUT2D eigenvalue weighted by atomic mass is 10.2. The van der Waals surface area contributed by atoms with Gasteiger partial charge in [-0.15, -0.1) is 0 Å². The molecule has 0 bridgehead atoms. The summed E-state index contributed by atoms with van der Waals surface area (Å²) >= 11 is 5.86. The average molecular weight is 413 g/mol. The zero-order chi connectivity index (χ0) is 14.9. The van der Waals surface area contributed by atoms with E-state index in [0.717, 1.165) is 12.4 Å². The fraction of sp³-hybridized carbons (Fsp3) is 0.0909. The predicted octanol–water partition coefficient (Wildman–Crippen LogP) is 4.06. The van der Waals surface area contributed by atoms with E-state index < -0.39 is 17.3 Å². The second kappa shape index (κ2) is 5.57. The van der Waals surface area contributed by atoms with Crippen LogP contribution >= 0.6 is 31.9 Å². The Bertz CT molecular complexity index is 700. The summed E-state index contributed by atoms with van der Waals surface area (Å²) in [5, 5.41) is 2.65. The molecule has 20 heavy (non-hydrogen) atoms. The quantitative estimate of drug-likeness (QED) is 0.782. The van der Waals surface area contributed by atoms with Crippen molar-refractivity contribution in [3.05, 3.63) is 49.4 Å². The largest absolute Gasteiger partial charge is 0.417 e. The van der Waals surface area contributed by atoms with E-state index in [1.807, 2.05) is 0 Å². The van der Waals surface area contributed by atoms with Crippen molar-refractivity contribution in [1.82, 2.24) is 9.97 Å². The van der Waals surface area contributed by atoms with Crippen molar-refractivity contribution < 1.29 is 13.2 Å². The molecule has 106 valence electrons. The number of H-pyrrole nitrogens is 1. The van der Waals surface area contributed by atoms with E-state index in [0.29, 0.717) is 0 Å². The number of halogens is 5. The van der Waals surface area contributed by atoms with Gasteiger partial charge in [-0.3, -0.25) is 4.79 Å². The lowest BCUT2D eigenvalue weighted by Gasteiger charge is -2.12. The van der Waals surface area contributed by atoms with Gasteiger partial charge in [-0.05, 0) is 34.1 Å². The molecule has 0 radical (unpaired) electrons. The number of rotatable bonds is 2. The minimum Gasteiger partial charge on any atom is -0.339 e. The zero-order valence-electron chi connectivity index (χ0n) is 9.55. The van der Waals surface area contributed by atoms with Crippen LogP contribution in [0.2, 0.25) is 0 Å². The summed E-state index contributed by atoms with van der Waals surface area (Å²) in [7, 11) is 0. The molecule has 2 rings (SSSR count). The Balaban J connectivity index is 2.40. The molecule has 0 amide bonds. The van der Waals surface area contributed by atoms with Crippen molar-refractivity contribution in [3.8, 4) is 0 Å². The number of aromatic nitrogens is 2. The predicted molar refractivity (Wildman–Crippen MR) is 75.0 cm³/mol. The maximum atomic E-state index is 12.8. The Kier molecular flexibility index (Phi) is 4.19. The molecule has 0 atom stereocenters. The van der Waals surface area contributed by atoms with Gasteiger partial charge in [0.1, 0.15) is 4.47 Å². The molecule has 0 aliphatic heterocycles. The molecule has 0 aliphatic rings. The third kappa shape index (κ3) is 3.21. The van der Waals surface area contributed by atoms with Gasteiger partial charge in [0.2, 0.25) is 0 Å². The Hall–Kier alpha value is -1.35. The van der Waals surface area contributed by atoms with Gasteiger partial charge in [-0.25, -0.2) is 4.98 Å². The van der Waals surface area contributed by atoms with Gasteiger partial charge in [-0.2, -0.15) is 13.2 Å². The monoisotopic (exact) mass is 411 g/mol. The minimum absolute atomic E-state index is 0.0616. The van der Waals surface area contributed by atoms with Gasteiger partial charge in [-0.1, -0.05) is 15.9 Å². The van der Waals surface area contributed by atoms with Crippen molar-refractivity contribution in [1.29, 1.82) is 0 Å². The smallest absolute Gasteiger partial charge is 0.339 e. The molecule has 0 aliphatic carbocycles. The van der Waals surface area contributed by atoms with E-state index >= 15 is 0 Å². The number of hydrogen-bond acceptors (Lipinski definition) is 3. The summed E-state index contributed by atoms with van der Waals surface area (Å²) in [5.74, 6) is 0.129. The van der Waals surface area contributed by atoms with Crippen molar-refractivity contribution in [2.45, 2.75) is 6.18 Å². The number of nitrogens with one attached hydrogen (secondary N) is 2. The highest BCUT2D eigenvalue weighted by atomic mass is 79.9. The minimum atomic E-state index is -4.48. The number of hydrogen-bond donors (Lipinski definition) is 2. The summed E-state index contributed by atoms with van der Waals surface area (Å²) in [6.45, 7) is 0. The maximum Gasteiger partial charge on any atom is 0.417 e. The Morgan fingerprint density at radius 1 is 1.25 bits per heavy atom. The van der Waals surface area contributed by atoms with Crippen LogP contribution in [0.25, 0.3) is 0 Å². The Morgan fingerprint density at radius 3 is 2.60 bits per heavy atom. The highest BCUT2D eigenvalue weighted by Gasteiger charge is 2.33. The average Bonchev–Trinajstić information content (AvgIpc) is 2.36. The summed E-state index contributed by atoms with van der Waals surface area (Å²) in [6.07, 6.45) is -3.33. The van der Waals surface area contributed by atoms with Gasteiger partial charge >= 0.3 is 6.18 Å². The topological polar surface area (TPSA) is 57.8 Å². The van der Waals surface area contributed by atoms with E-state index in [1.54, 1.807) is 0 Å². The number of nitrogens with zero attached hydrogens (tertiary/aromatic N) is 1. The highest BCUT2D eigenvalue weighted by molar-refractivity contribution is 9.10. The third-order valence-electron chi connectivity index (χ3n) is 2.33. The summed E-state index contributed by atoms with van der Waals surface area (Å²) < 4.78 is 38.4. The molecule has 0 saturated heterocycles. The normalized spacial score (nSPS) is 11.4. The van der Waals surface area contributed by atoms with Gasteiger partial charge in [0.25, 0.3) is 5.56 Å². The van der Waals surface area contributed by atoms with E-state index in [-0.39, 0.29) is 20.5 Å². The molecule has 0 unspecified atom stereocenters. The molecule has 1 aromatic carbocycles. The van der Waals surface area contributed by atoms with Crippen LogP contribution in [-0.2, 0) is 6.18 Å². The molecule has 1 aromatic heterocycles. The second-order valence-corrected chi connectivity index (χ2v) is 5.36. The number of aromatic amines is 1. The van der Waals surface area contributed by atoms with Crippen molar-refractivity contribution in [3.63, 3.8) is 0 Å². The van der Waals surface area contributed by atoms with Gasteiger partial charge in [0.05, 0.1) is 11.9 Å². The molecule has 0 spiro atoms. The fourth-order valence-corrected chi connectivity index (χ4v) is 2.21. The first-order valence-corrected chi connectivity index (χ1v) is 6.74. The molecule has 0 saturated carbocycles. The first kappa shape index (κ1) is 15.0. The van der Waals surface area contributed by atoms with Crippen LogP contribution in [0.5, 0.6) is 0 Å². The van der Waals surface area contributed by atoms with Gasteiger partial charge in [0, 0.05) is 10.2 Å². The summed E-state index contributed by atoms with van der Waals surface area (Å²) in [4.78, 5) is 17.5. The molecule has 1 heterocycles. The van der Waals surface area contributed by atoms with Gasteiger partial charge < -0.3 is 10.3 Å². The van der Waals surface area contributed by atoms with Crippen LogP contribution in [-0.4, -0.2) is 9.97 Å². The Morgan fingerprint density at radius 2 is 1.95 bits per heavy atom.